The molecule has 0 saturated heterocycles. The van der Waals surface area contributed by atoms with Crippen molar-refractivity contribution in [3.8, 4) is 0 Å². The molecule has 0 radical (unpaired) electrons. The van der Waals surface area contributed by atoms with Gasteiger partial charge in [0.15, 0.2) is 5.16 Å². The quantitative estimate of drug-likeness (QED) is 0.623. The lowest BCUT2D eigenvalue weighted by atomic mass is 9.72. The molecule has 1 aliphatic rings. The molecule has 24 heavy (non-hydrogen) atoms. The molecule has 2 heterocycles. The fraction of sp³-hybridized carbons (Fsp3) is 0.588. The van der Waals surface area contributed by atoms with Crippen LogP contribution in [0.3, 0.4) is 0 Å². The average Bonchev–Trinajstić information content (AvgIpc) is 2.83. The molecule has 0 saturated carbocycles. The van der Waals surface area contributed by atoms with Gasteiger partial charge in [-0.05, 0) is 41.9 Å². The van der Waals surface area contributed by atoms with Crippen LogP contribution >= 0.6 is 23.1 Å². The Bertz CT molecular complexity index is 779. The Morgan fingerprint density at radius 2 is 2.17 bits per heavy atom. The number of primary amides is 1. The molecule has 130 valence electrons. The molecule has 0 spiro atoms. The van der Waals surface area contributed by atoms with E-state index in [1.807, 2.05) is 0 Å². The van der Waals surface area contributed by atoms with E-state index in [1.165, 1.54) is 10.4 Å². The van der Waals surface area contributed by atoms with Gasteiger partial charge < -0.3 is 5.73 Å². The first-order valence-corrected chi connectivity index (χ1v) is 10.1. The maximum Gasteiger partial charge on any atom is 0.317 e. The second-order valence-electron chi connectivity index (χ2n) is 7.27. The number of amides is 2. The van der Waals surface area contributed by atoms with Crippen molar-refractivity contribution in [3.63, 3.8) is 0 Å². The van der Waals surface area contributed by atoms with Crippen molar-refractivity contribution < 1.29 is 4.79 Å². The summed E-state index contributed by atoms with van der Waals surface area (Å²) in [6.45, 7) is 9.00. The second kappa shape index (κ2) is 6.52. The number of carbonyl (C=O) groups is 1. The van der Waals surface area contributed by atoms with Gasteiger partial charge in [-0.3, -0.25) is 5.32 Å². The van der Waals surface area contributed by atoms with E-state index in [0.29, 0.717) is 22.3 Å². The lowest BCUT2D eigenvalue weighted by Crippen LogP contribution is -2.26. The minimum absolute atomic E-state index is 0.303. The number of rotatable bonds is 3. The minimum Gasteiger partial charge on any atom is -0.351 e. The molecule has 2 amide bonds. The highest BCUT2D eigenvalue weighted by Gasteiger charge is 2.32. The van der Waals surface area contributed by atoms with E-state index < -0.39 is 6.03 Å². The summed E-state index contributed by atoms with van der Waals surface area (Å²) in [7, 11) is 0. The number of aromatic nitrogens is 2. The molecule has 7 heteroatoms. The summed E-state index contributed by atoms with van der Waals surface area (Å²) >= 11 is 3.32. The highest BCUT2D eigenvalue weighted by Crippen LogP contribution is 2.44. The Hall–Kier alpha value is -1.34. The van der Waals surface area contributed by atoms with Crippen molar-refractivity contribution in [1.82, 2.24) is 9.97 Å². The maximum atomic E-state index is 11.4. The normalized spacial score (nSPS) is 17.8. The number of hydrogen-bond donors (Lipinski definition) is 2. The van der Waals surface area contributed by atoms with Crippen molar-refractivity contribution in [2.24, 2.45) is 17.1 Å². The fourth-order valence-electron chi connectivity index (χ4n) is 3.30. The summed E-state index contributed by atoms with van der Waals surface area (Å²) in [4.78, 5) is 23.0. The first-order valence-electron chi connectivity index (χ1n) is 8.31. The molecule has 0 aliphatic heterocycles. The predicted octanol–water partition coefficient (Wildman–Crippen LogP) is 4.44. The standard InChI is InChI=1S/C17H24N4OS2/c1-5-23-16-20-13(19-15(18)22)12-10-7-6-9(17(2,3)4)8-11(10)24-14(12)21-16/h9H,5-8H2,1-4H3,(H3,18,19,20,21,22). The topological polar surface area (TPSA) is 80.9 Å². The molecular formula is C17H24N4OS2. The van der Waals surface area contributed by atoms with Crippen LogP contribution in [-0.4, -0.2) is 21.8 Å². The van der Waals surface area contributed by atoms with Crippen LogP contribution in [0.15, 0.2) is 5.16 Å². The number of nitrogens with two attached hydrogens (primary N) is 1. The van der Waals surface area contributed by atoms with Gasteiger partial charge in [0.05, 0.1) is 5.39 Å². The Labute approximate surface area is 150 Å². The lowest BCUT2D eigenvalue weighted by molar-refractivity contribution is 0.218. The Kier molecular flexibility index (Phi) is 4.75. The van der Waals surface area contributed by atoms with Crippen molar-refractivity contribution in [2.75, 3.05) is 11.1 Å². The molecule has 1 aliphatic carbocycles. The SMILES string of the molecule is CCSc1nc(NC(N)=O)c2c3c(sc2n1)CC(C(C)(C)C)CC3. The Morgan fingerprint density at radius 1 is 1.42 bits per heavy atom. The minimum atomic E-state index is -0.578. The molecule has 2 aromatic heterocycles. The molecule has 0 bridgehead atoms. The van der Waals surface area contributed by atoms with E-state index in [1.54, 1.807) is 23.1 Å². The third-order valence-electron chi connectivity index (χ3n) is 4.63. The van der Waals surface area contributed by atoms with E-state index in [9.17, 15) is 4.79 Å². The number of aryl methyl sites for hydroxylation is 1. The number of urea groups is 1. The third-order valence-corrected chi connectivity index (χ3v) is 6.51. The molecular weight excluding hydrogens is 340 g/mol. The zero-order valence-electron chi connectivity index (χ0n) is 14.6. The van der Waals surface area contributed by atoms with Crippen molar-refractivity contribution in [3.05, 3.63) is 10.4 Å². The summed E-state index contributed by atoms with van der Waals surface area (Å²) in [6.07, 6.45) is 3.24. The van der Waals surface area contributed by atoms with Crippen LogP contribution in [0, 0.1) is 11.3 Å². The largest absolute Gasteiger partial charge is 0.351 e. The highest BCUT2D eigenvalue weighted by molar-refractivity contribution is 7.99. The third kappa shape index (κ3) is 3.37. The van der Waals surface area contributed by atoms with E-state index >= 15 is 0 Å². The van der Waals surface area contributed by atoms with Crippen LogP contribution in [0.2, 0.25) is 0 Å². The van der Waals surface area contributed by atoms with Crippen molar-refractivity contribution in [1.29, 1.82) is 0 Å². The van der Waals surface area contributed by atoms with Crippen LogP contribution < -0.4 is 11.1 Å². The molecule has 5 nitrogen and oxygen atoms in total. The van der Waals surface area contributed by atoms with Gasteiger partial charge in [-0.1, -0.05) is 39.5 Å². The van der Waals surface area contributed by atoms with Gasteiger partial charge in [0, 0.05) is 4.88 Å². The zero-order valence-corrected chi connectivity index (χ0v) is 16.2. The lowest BCUT2D eigenvalue weighted by Gasteiger charge is -2.33. The summed E-state index contributed by atoms with van der Waals surface area (Å²) in [5.41, 5.74) is 6.95. The zero-order chi connectivity index (χ0) is 17.5. The second-order valence-corrected chi connectivity index (χ2v) is 9.58. The predicted molar refractivity (Wildman–Crippen MR) is 102 cm³/mol. The first kappa shape index (κ1) is 17.5. The molecule has 1 unspecified atom stereocenters. The van der Waals surface area contributed by atoms with E-state index in [4.69, 9.17) is 10.7 Å². The Balaban J connectivity index is 2.10. The number of carbonyl (C=O) groups excluding carboxylic acids is 1. The number of fused-ring (bicyclic) bond motifs is 3. The first-order chi connectivity index (χ1) is 11.3. The molecule has 1 atom stereocenters. The average molecular weight is 365 g/mol. The molecule has 3 rings (SSSR count). The van der Waals surface area contributed by atoms with Crippen molar-refractivity contribution >= 4 is 45.2 Å². The monoisotopic (exact) mass is 364 g/mol. The Morgan fingerprint density at radius 3 is 2.79 bits per heavy atom. The number of nitrogens with zero attached hydrogens (tertiary/aromatic N) is 2. The summed E-state index contributed by atoms with van der Waals surface area (Å²) < 4.78 is 0. The van der Waals surface area contributed by atoms with Gasteiger partial charge >= 0.3 is 6.03 Å². The van der Waals surface area contributed by atoms with Gasteiger partial charge in [-0.15, -0.1) is 11.3 Å². The molecule has 0 fully saturated rings. The van der Waals surface area contributed by atoms with Gasteiger partial charge in [-0.25, -0.2) is 14.8 Å². The molecule has 2 aromatic rings. The van der Waals surface area contributed by atoms with Gasteiger partial charge in [-0.2, -0.15) is 0 Å². The number of nitrogens with one attached hydrogen (secondary N) is 1. The molecule has 0 aromatic carbocycles. The number of thiophene rings is 1. The van der Waals surface area contributed by atoms with Gasteiger partial charge in [0.2, 0.25) is 0 Å². The summed E-state index contributed by atoms with van der Waals surface area (Å²) in [5, 5.41) is 4.39. The van der Waals surface area contributed by atoms with Crippen LogP contribution in [-0.2, 0) is 12.8 Å². The number of hydrogen-bond acceptors (Lipinski definition) is 5. The van der Waals surface area contributed by atoms with E-state index in [2.05, 4.69) is 38.0 Å². The van der Waals surface area contributed by atoms with Gasteiger partial charge in [0.25, 0.3) is 0 Å². The summed E-state index contributed by atoms with van der Waals surface area (Å²) in [6, 6.07) is -0.578. The smallest absolute Gasteiger partial charge is 0.317 e. The number of anilines is 1. The van der Waals surface area contributed by atoms with E-state index in [0.717, 1.165) is 35.2 Å². The maximum absolute atomic E-state index is 11.4. The van der Waals surface area contributed by atoms with Crippen LogP contribution in [0.4, 0.5) is 10.6 Å². The van der Waals surface area contributed by atoms with Crippen molar-refractivity contribution in [2.45, 2.75) is 52.1 Å². The van der Waals surface area contributed by atoms with Gasteiger partial charge in [0.1, 0.15) is 10.6 Å². The summed E-state index contributed by atoms with van der Waals surface area (Å²) in [5.74, 6) is 2.12. The van der Waals surface area contributed by atoms with E-state index in [-0.39, 0.29) is 0 Å². The van der Waals surface area contributed by atoms with Crippen LogP contribution in [0.5, 0.6) is 0 Å². The van der Waals surface area contributed by atoms with Crippen LogP contribution in [0.25, 0.3) is 10.2 Å². The van der Waals surface area contributed by atoms with Crippen LogP contribution in [0.1, 0.15) is 44.6 Å². The highest BCUT2D eigenvalue weighted by atomic mass is 32.2. The fourth-order valence-corrected chi connectivity index (χ4v) is 5.22. The molecule has 3 N–H and O–H groups in total. The number of thioether (sulfide) groups is 1.